The second kappa shape index (κ2) is 3.33. The number of hydrogen-bond donors (Lipinski definition) is 0. The molecule has 0 bridgehead atoms. The van der Waals surface area contributed by atoms with E-state index in [2.05, 4.69) is 26.6 Å². The Labute approximate surface area is 76.6 Å². The first kappa shape index (κ1) is 9.97. The first-order chi connectivity index (χ1) is 5.43. The van der Waals surface area contributed by atoms with E-state index >= 15 is 0 Å². The molecule has 1 aliphatic rings. The van der Waals surface area contributed by atoms with Crippen LogP contribution < -0.4 is 0 Å². The lowest BCUT2D eigenvalue weighted by molar-refractivity contribution is -0.121. The largest absolute Gasteiger partial charge is 0.300 e. The van der Waals surface area contributed by atoms with Crippen molar-refractivity contribution in [2.24, 2.45) is 5.92 Å². The molecule has 12 heavy (non-hydrogen) atoms. The average Bonchev–Trinajstić information content (AvgIpc) is 1.82. The van der Waals surface area contributed by atoms with Gasteiger partial charge in [0.05, 0.1) is 8.07 Å². The Bertz CT molecular complexity index is 181. The van der Waals surface area contributed by atoms with Crippen molar-refractivity contribution in [1.82, 2.24) is 0 Å². The van der Waals surface area contributed by atoms with Crippen LogP contribution in [0.2, 0.25) is 25.2 Å². The van der Waals surface area contributed by atoms with Crippen molar-refractivity contribution in [3.63, 3.8) is 0 Å². The van der Waals surface area contributed by atoms with Gasteiger partial charge in [0.25, 0.3) is 0 Å². The average molecular weight is 184 g/mol. The molecule has 1 aliphatic carbocycles. The van der Waals surface area contributed by atoms with Crippen LogP contribution in [0.15, 0.2) is 0 Å². The highest BCUT2D eigenvalue weighted by Gasteiger charge is 2.38. The molecule has 1 saturated carbocycles. The Morgan fingerprint density at radius 2 is 1.92 bits per heavy atom. The third kappa shape index (κ3) is 1.97. The maximum atomic E-state index is 11.7. The van der Waals surface area contributed by atoms with E-state index in [0.717, 1.165) is 12.8 Å². The van der Waals surface area contributed by atoms with Crippen LogP contribution in [0.5, 0.6) is 0 Å². The molecule has 0 N–H and O–H groups in total. The van der Waals surface area contributed by atoms with E-state index in [1.54, 1.807) is 0 Å². The van der Waals surface area contributed by atoms with Crippen molar-refractivity contribution in [2.75, 3.05) is 0 Å². The van der Waals surface area contributed by atoms with Crippen LogP contribution in [-0.4, -0.2) is 13.9 Å². The van der Waals surface area contributed by atoms with E-state index in [1.807, 2.05) is 0 Å². The van der Waals surface area contributed by atoms with Crippen molar-refractivity contribution < 1.29 is 4.79 Å². The van der Waals surface area contributed by atoms with Gasteiger partial charge in [0, 0.05) is 12.0 Å². The van der Waals surface area contributed by atoms with Crippen molar-refractivity contribution in [3.8, 4) is 0 Å². The topological polar surface area (TPSA) is 17.1 Å². The summed E-state index contributed by atoms with van der Waals surface area (Å²) in [5.41, 5.74) is 0.436. The van der Waals surface area contributed by atoms with Gasteiger partial charge in [-0.3, -0.25) is 4.79 Å². The third-order valence-electron chi connectivity index (χ3n) is 2.93. The molecule has 0 unspecified atom stereocenters. The molecule has 70 valence electrons. The molecule has 2 heteroatoms. The van der Waals surface area contributed by atoms with Gasteiger partial charge in [-0.15, -0.1) is 0 Å². The summed E-state index contributed by atoms with van der Waals surface area (Å²) in [5, 5.41) is 0. The van der Waals surface area contributed by atoms with Crippen molar-refractivity contribution in [2.45, 2.75) is 51.4 Å². The molecule has 0 aromatic carbocycles. The van der Waals surface area contributed by atoms with Gasteiger partial charge < -0.3 is 0 Å². The quantitative estimate of drug-likeness (QED) is 0.572. The maximum absolute atomic E-state index is 11.7. The van der Waals surface area contributed by atoms with Gasteiger partial charge in [-0.25, -0.2) is 0 Å². The van der Waals surface area contributed by atoms with E-state index in [-0.39, 0.29) is 0 Å². The van der Waals surface area contributed by atoms with E-state index in [1.165, 1.54) is 6.42 Å². The minimum Gasteiger partial charge on any atom is -0.300 e. The van der Waals surface area contributed by atoms with Gasteiger partial charge in [-0.05, 0) is 18.8 Å². The number of ketones is 1. The van der Waals surface area contributed by atoms with Crippen LogP contribution in [0.3, 0.4) is 0 Å². The Morgan fingerprint density at radius 1 is 1.33 bits per heavy atom. The summed E-state index contributed by atoms with van der Waals surface area (Å²) in [5.74, 6) is 1.20. The minimum absolute atomic E-state index is 0.436. The number of rotatable bonds is 1. The molecule has 2 atom stereocenters. The molecular formula is C10H20OSi. The van der Waals surface area contributed by atoms with Crippen molar-refractivity contribution in [1.29, 1.82) is 0 Å². The second-order valence-corrected chi connectivity index (χ2v) is 10.5. The highest BCUT2D eigenvalue weighted by atomic mass is 28.3. The summed E-state index contributed by atoms with van der Waals surface area (Å²) < 4.78 is 0. The Hall–Kier alpha value is -0.113. The van der Waals surface area contributed by atoms with Gasteiger partial charge in [0.15, 0.2) is 0 Å². The lowest BCUT2D eigenvalue weighted by Gasteiger charge is -2.36. The summed E-state index contributed by atoms with van der Waals surface area (Å²) >= 11 is 0. The summed E-state index contributed by atoms with van der Waals surface area (Å²) in [6, 6.07) is 0. The predicted octanol–water partition coefficient (Wildman–Crippen LogP) is 3.08. The van der Waals surface area contributed by atoms with E-state index < -0.39 is 8.07 Å². The molecule has 1 fully saturated rings. The molecule has 0 amide bonds. The number of carbonyl (C=O) groups excluding carboxylic acids is 1. The molecule has 1 nitrogen and oxygen atoms in total. The number of hydrogen-bond acceptors (Lipinski definition) is 1. The summed E-state index contributed by atoms with van der Waals surface area (Å²) in [6.07, 6.45) is 3.24. The van der Waals surface area contributed by atoms with Crippen LogP contribution in [-0.2, 0) is 4.79 Å². The van der Waals surface area contributed by atoms with E-state index in [4.69, 9.17) is 0 Å². The molecule has 0 aromatic heterocycles. The molecule has 0 aliphatic heterocycles. The molecule has 0 aromatic rings. The maximum Gasteiger partial charge on any atom is 0.133 e. The van der Waals surface area contributed by atoms with E-state index in [0.29, 0.717) is 17.2 Å². The van der Waals surface area contributed by atoms with Crippen LogP contribution in [0.4, 0.5) is 0 Å². The monoisotopic (exact) mass is 184 g/mol. The van der Waals surface area contributed by atoms with E-state index in [9.17, 15) is 4.79 Å². The predicted molar refractivity (Wildman–Crippen MR) is 55.1 cm³/mol. The van der Waals surface area contributed by atoms with Gasteiger partial charge in [-0.1, -0.05) is 26.6 Å². The van der Waals surface area contributed by atoms with Crippen molar-refractivity contribution in [3.05, 3.63) is 0 Å². The number of carbonyl (C=O) groups is 1. The lowest BCUT2D eigenvalue weighted by atomic mass is 9.89. The zero-order valence-corrected chi connectivity index (χ0v) is 9.68. The molecule has 0 heterocycles. The van der Waals surface area contributed by atoms with Gasteiger partial charge in [0.2, 0.25) is 0 Å². The zero-order valence-electron chi connectivity index (χ0n) is 8.68. The Balaban J connectivity index is 2.77. The molecule has 0 saturated heterocycles. The van der Waals surface area contributed by atoms with Crippen LogP contribution in [0, 0.1) is 5.92 Å². The molecule has 1 rings (SSSR count). The van der Waals surface area contributed by atoms with Crippen LogP contribution in [0.1, 0.15) is 26.2 Å². The highest BCUT2D eigenvalue weighted by molar-refractivity contribution is 6.80. The normalized spacial score (nSPS) is 32.2. The molecule has 0 radical (unpaired) electrons. The van der Waals surface area contributed by atoms with Gasteiger partial charge in [0.1, 0.15) is 5.78 Å². The highest BCUT2D eigenvalue weighted by Crippen LogP contribution is 2.38. The minimum atomic E-state index is -1.23. The fourth-order valence-corrected chi connectivity index (χ4v) is 5.56. The van der Waals surface area contributed by atoms with Crippen molar-refractivity contribution >= 4 is 13.9 Å². The zero-order chi connectivity index (χ0) is 9.35. The van der Waals surface area contributed by atoms with Crippen LogP contribution in [0.25, 0.3) is 0 Å². The standard InChI is InChI=1S/C10H20OSi/c1-8-6-5-7-9(11)10(8)12(2,3)4/h8,10H,5-7H2,1-4H3/t8-,10+/m1/s1. The second-order valence-electron chi connectivity index (χ2n) is 5.18. The fourth-order valence-electron chi connectivity index (χ4n) is 2.57. The van der Waals surface area contributed by atoms with Gasteiger partial charge in [-0.2, -0.15) is 0 Å². The summed E-state index contributed by atoms with van der Waals surface area (Å²) in [7, 11) is -1.23. The van der Waals surface area contributed by atoms with Crippen LogP contribution >= 0.6 is 0 Å². The lowest BCUT2D eigenvalue weighted by Crippen LogP contribution is -2.39. The number of Topliss-reactive ketones (excluding diaryl/α,β-unsaturated/α-hetero) is 1. The first-order valence-electron chi connectivity index (χ1n) is 4.95. The molecule has 0 spiro atoms. The SMILES string of the molecule is C[C@@H]1CCCC(=O)[C@H]1[Si](C)(C)C. The Kier molecular flexibility index (Phi) is 2.76. The third-order valence-corrected chi connectivity index (χ3v) is 5.69. The smallest absolute Gasteiger partial charge is 0.133 e. The fraction of sp³-hybridized carbons (Fsp3) is 0.900. The molecular weight excluding hydrogens is 164 g/mol. The summed E-state index contributed by atoms with van der Waals surface area (Å²) in [4.78, 5) is 11.7. The first-order valence-corrected chi connectivity index (χ1v) is 8.53. The Morgan fingerprint density at radius 3 is 2.25 bits per heavy atom. The van der Waals surface area contributed by atoms with Gasteiger partial charge >= 0.3 is 0 Å². The summed E-state index contributed by atoms with van der Waals surface area (Å²) in [6.45, 7) is 9.20.